The maximum atomic E-state index is 14.6. The Morgan fingerprint density at radius 3 is 2.26 bits per heavy atom. The van der Waals surface area contributed by atoms with Crippen LogP contribution in [0.1, 0.15) is 144 Å². The number of esters is 3. The lowest BCUT2D eigenvalue weighted by Crippen LogP contribution is -2.61. The average Bonchev–Trinajstić information content (AvgIpc) is 4.37. The zero-order valence-electron chi connectivity index (χ0n) is 50.3. The van der Waals surface area contributed by atoms with Gasteiger partial charge in [0.25, 0.3) is 0 Å². The second-order valence-corrected chi connectivity index (χ2v) is 24.6. The van der Waals surface area contributed by atoms with E-state index in [2.05, 4.69) is 5.32 Å². The minimum Gasteiger partial charge on any atom is -0.459 e. The standard InChI is InChI=1S/C59H96N4O17/c1-17-45-59(12,71)51(67)37(8)62(15)30-33(4)28-57(10,70)52(80-56-49(66)44(61(13)14)26-34(5)75-56)35(6)50(36(7)54(68)77-45)79-47-29-58(11,72-16)53(38(9)76-47)78-46(64)22-24-73-25-23-60-39-18-21-43-41(27-39)48(65)42(55(69)74-32(2)3)31-63(43)40-19-20-40/h18,21,27,31-38,40,44-45,47,49-53,56,60,66-67,70-71H,17,19-20,22-26,28-30H2,1-16H3/t33-,34-,35+,36-,37-,38+,44+,45-,47+,49-,50+,51-,52-,53+,56+,57-,58-,59-/m1/s1. The Bertz CT molecular complexity index is 2450. The van der Waals surface area contributed by atoms with Crippen LogP contribution in [-0.2, 0) is 52.2 Å². The van der Waals surface area contributed by atoms with Crippen LogP contribution in [0.25, 0.3) is 10.9 Å². The molecular formula is C59H96N4O17. The molecule has 0 radical (unpaired) electrons. The van der Waals surface area contributed by atoms with E-state index in [0.717, 1.165) is 18.4 Å². The third-order valence-electron chi connectivity index (χ3n) is 17.0. The molecule has 0 spiro atoms. The van der Waals surface area contributed by atoms with Gasteiger partial charge in [-0.3, -0.25) is 14.4 Å². The van der Waals surface area contributed by atoms with Gasteiger partial charge in [0, 0.05) is 67.9 Å². The maximum absolute atomic E-state index is 14.6. The van der Waals surface area contributed by atoms with Crippen LogP contribution in [0.4, 0.5) is 5.69 Å². The van der Waals surface area contributed by atoms with E-state index in [1.165, 1.54) is 14.0 Å². The fraction of sp³-hybridized carbons (Fsp3) is 0.797. The van der Waals surface area contributed by atoms with Crippen molar-refractivity contribution >= 4 is 34.5 Å². The van der Waals surface area contributed by atoms with E-state index in [-0.39, 0.29) is 74.7 Å². The number of cyclic esters (lactones) is 1. The summed E-state index contributed by atoms with van der Waals surface area (Å²) in [5, 5.41) is 51.9. The minimum absolute atomic E-state index is 0.000462. The van der Waals surface area contributed by atoms with Gasteiger partial charge in [0.15, 0.2) is 18.7 Å². The second-order valence-electron chi connectivity index (χ2n) is 24.6. The predicted octanol–water partition coefficient (Wildman–Crippen LogP) is 5.19. The highest BCUT2D eigenvalue weighted by Gasteiger charge is 2.54. The number of carbonyl (C=O) groups is 3. The van der Waals surface area contributed by atoms with Crippen LogP contribution in [-0.4, -0.2) is 204 Å². The molecule has 0 unspecified atom stereocenters. The van der Waals surface area contributed by atoms with Crippen molar-refractivity contribution in [1.29, 1.82) is 0 Å². The van der Waals surface area contributed by atoms with E-state index in [0.29, 0.717) is 30.6 Å². The number of nitrogens with one attached hydrogen (secondary N) is 1. The SMILES string of the molecule is CC[C@H]1OC(=O)[C@H](C)[C@@H](O[C@H]2C[C@@](C)(OC)[C@@H](OC(=O)CCOCCNc3ccc4c(c3)c(=O)c(C(=O)OC(C)C)cn4C3CC3)[C@H](C)O2)[C@H](C)[C@@H](O[C@@H]2O[C@H](C)C[C@H](N(C)C)[C@H]2O)[C@](C)(O)C[C@@H](C)CN(C)[C@H](C)[C@@H](O)[C@]1(C)O. The van der Waals surface area contributed by atoms with Crippen LogP contribution >= 0.6 is 0 Å². The molecule has 5 N–H and O–H groups in total. The molecule has 3 saturated heterocycles. The molecule has 454 valence electrons. The van der Waals surface area contributed by atoms with E-state index in [9.17, 15) is 39.6 Å². The lowest BCUT2D eigenvalue weighted by Gasteiger charge is -2.49. The third kappa shape index (κ3) is 15.5. The Morgan fingerprint density at radius 1 is 0.950 bits per heavy atom. The van der Waals surface area contributed by atoms with Crippen LogP contribution in [0.5, 0.6) is 0 Å². The van der Waals surface area contributed by atoms with Crippen LogP contribution < -0.4 is 10.7 Å². The van der Waals surface area contributed by atoms with Gasteiger partial charge in [-0.05, 0) is 140 Å². The molecule has 80 heavy (non-hydrogen) atoms. The number of aromatic nitrogens is 1. The Hall–Kier alpha value is -3.84. The predicted molar refractivity (Wildman–Crippen MR) is 299 cm³/mol. The summed E-state index contributed by atoms with van der Waals surface area (Å²) in [6.45, 7) is 22.0. The van der Waals surface area contributed by atoms with E-state index >= 15 is 0 Å². The molecule has 4 fully saturated rings. The number of fused-ring (bicyclic) bond motifs is 1. The number of anilines is 1. The lowest BCUT2D eigenvalue weighted by molar-refractivity contribution is -0.318. The Morgan fingerprint density at radius 2 is 1.64 bits per heavy atom. The minimum atomic E-state index is -1.87. The molecule has 2 aromatic rings. The summed E-state index contributed by atoms with van der Waals surface area (Å²) in [7, 11) is 7.07. The van der Waals surface area contributed by atoms with Crippen LogP contribution in [0.2, 0.25) is 0 Å². The van der Waals surface area contributed by atoms with Crippen molar-refractivity contribution < 1.29 is 77.4 Å². The molecule has 0 amide bonds. The van der Waals surface area contributed by atoms with E-state index in [1.54, 1.807) is 74.6 Å². The highest BCUT2D eigenvalue weighted by molar-refractivity contribution is 5.94. The quantitative estimate of drug-likeness (QED) is 0.0732. The van der Waals surface area contributed by atoms with Gasteiger partial charge < -0.3 is 82.7 Å². The number of hydrogen-bond donors (Lipinski definition) is 5. The zero-order valence-corrected chi connectivity index (χ0v) is 50.3. The number of hydrogen-bond acceptors (Lipinski definition) is 20. The Kier molecular flexibility index (Phi) is 22.2. The van der Waals surface area contributed by atoms with Gasteiger partial charge in [-0.1, -0.05) is 20.8 Å². The van der Waals surface area contributed by atoms with Crippen molar-refractivity contribution in [3.63, 3.8) is 0 Å². The van der Waals surface area contributed by atoms with Gasteiger partial charge >= 0.3 is 17.9 Å². The third-order valence-corrected chi connectivity index (χ3v) is 17.0. The number of ether oxygens (including phenoxy) is 9. The number of likely N-dealkylation sites (N-methyl/N-ethyl adjacent to an activating group) is 2. The first-order valence-electron chi connectivity index (χ1n) is 28.9. The molecule has 18 atom stereocenters. The normalized spacial score (nSPS) is 37.2. The van der Waals surface area contributed by atoms with E-state index < -0.39 is 113 Å². The number of nitrogens with zero attached hydrogens (tertiary/aromatic N) is 3. The van der Waals surface area contributed by atoms with Crippen LogP contribution in [0.3, 0.4) is 0 Å². The smallest absolute Gasteiger partial charge is 0.343 e. The van der Waals surface area contributed by atoms with Crippen molar-refractivity contribution in [3.05, 3.63) is 40.2 Å². The molecule has 6 rings (SSSR count). The van der Waals surface area contributed by atoms with E-state index in [1.807, 2.05) is 61.5 Å². The lowest BCUT2D eigenvalue weighted by atomic mass is 9.77. The monoisotopic (exact) mass is 1130 g/mol. The molecular weight excluding hydrogens is 1040 g/mol. The summed E-state index contributed by atoms with van der Waals surface area (Å²) in [6, 6.07) is 4.77. The van der Waals surface area contributed by atoms with Gasteiger partial charge in [-0.2, -0.15) is 0 Å². The molecule has 21 nitrogen and oxygen atoms in total. The summed E-state index contributed by atoms with van der Waals surface area (Å²) in [6.07, 6.45) is -6.10. The van der Waals surface area contributed by atoms with Crippen LogP contribution in [0, 0.1) is 17.8 Å². The topological polar surface area (TPSA) is 256 Å². The molecule has 1 aliphatic carbocycles. The number of carbonyl (C=O) groups excluding carboxylic acids is 3. The molecule has 0 bridgehead atoms. The number of rotatable bonds is 18. The van der Waals surface area contributed by atoms with Crippen molar-refractivity contribution in [2.75, 3.05) is 59.9 Å². The summed E-state index contributed by atoms with van der Waals surface area (Å²) < 4.78 is 58.1. The van der Waals surface area contributed by atoms with Gasteiger partial charge in [0.1, 0.15) is 35.1 Å². The highest BCUT2D eigenvalue weighted by atomic mass is 16.7. The molecule has 1 saturated carbocycles. The molecule has 1 aromatic carbocycles. The number of methoxy groups -OCH3 is 1. The second kappa shape index (κ2) is 27.3. The summed E-state index contributed by atoms with van der Waals surface area (Å²) in [5.74, 6) is -4.09. The molecule has 21 heteroatoms. The number of benzene rings is 1. The first-order valence-corrected chi connectivity index (χ1v) is 28.9. The number of aliphatic hydroxyl groups is 4. The van der Waals surface area contributed by atoms with Crippen molar-refractivity contribution in [2.24, 2.45) is 17.8 Å². The van der Waals surface area contributed by atoms with Crippen molar-refractivity contribution in [1.82, 2.24) is 14.4 Å². The summed E-state index contributed by atoms with van der Waals surface area (Å²) in [4.78, 5) is 58.3. The molecule has 4 aliphatic rings. The Balaban J connectivity index is 1.16. The maximum Gasteiger partial charge on any atom is 0.343 e. The fourth-order valence-corrected chi connectivity index (χ4v) is 12.2. The van der Waals surface area contributed by atoms with E-state index in [4.69, 9.17) is 42.6 Å². The van der Waals surface area contributed by atoms with Crippen molar-refractivity contribution in [2.45, 2.75) is 230 Å². The number of pyridine rings is 1. The van der Waals surface area contributed by atoms with Crippen LogP contribution in [0.15, 0.2) is 29.2 Å². The average molecular weight is 1130 g/mol. The van der Waals surface area contributed by atoms with Gasteiger partial charge in [0.2, 0.25) is 5.43 Å². The molecule has 4 heterocycles. The zero-order chi connectivity index (χ0) is 59.3. The first kappa shape index (κ1) is 65.3. The van der Waals surface area contributed by atoms with Crippen molar-refractivity contribution in [3.8, 4) is 0 Å². The van der Waals surface area contributed by atoms with Gasteiger partial charge in [-0.25, -0.2) is 4.79 Å². The molecule has 1 aromatic heterocycles. The summed E-state index contributed by atoms with van der Waals surface area (Å²) >= 11 is 0. The van der Waals surface area contributed by atoms with Gasteiger partial charge in [0.05, 0.1) is 67.2 Å². The largest absolute Gasteiger partial charge is 0.459 e. The highest BCUT2D eigenvalue weighted by Crippen LogP contribution is 2.42. The van der Waals surface area contributed by atoms with Gasteiger partial charge in [-0.15, -0.1) is 0 Å². The first-order chi connectivity index (χ1) is 37.4. The fourth-order valence-electron chi connectivity index (χ4n) is 12.2. The molecule has 3 aliphatic heterocycles. The Labute approximate surface area is 473 Å². The number of aliphatic hydroxyl groups excluding tert-OH is 2. The summed E-state index contributed by atoms with van der Waals surface area (Å²) in [5.41, 5.74) is -3.67.